The third kappa shape index (κ3) is 4.91. The van der Waals surface area contributed by atoms with E-state index >= 15 is 0 Å². The third-order valence-electron chi connectivity index (χ3n) is 1.54. The number of hydrogen-bond donors (Lipinski definition) is 0. The smallest absolute Gasteiger partial charge is 0.320 e. The lowest BCUT2D eigenvalue weighted by Crippen LogP contribution is -2.12. The van der Waals surface area contributed by atoms with E-state index in [-0.39, 0.29) is 12.5 Å². The fourth-order valence-electron chi connectivity index (χ4n) is 0.884. The standard InChI is InChI=1S/C10H10Cl2O3/c11-7-10(13)15-6-5-14-9-3-1-8(12)2-4-9/h1-4H,5-7H2. The zero-order chi connectivity index (χ0) is 11.1. The van der Waals surface area contributed by atoms with Crippen molar-refractivity contribution >= 4 is 29.2 Å². The van der Waals surface area contributed by atoms with E-state index in [0.29, 0.717) is 17.4 Å². The maximum atomic E-state index is 10.6. The number of halogens is 2. The maximum absolute atomic E-state index is 10.6. The SMILES string of the molecule is O=C(CCl)OCCOc1ccc(Cl)cc1. The van der Waals surface area contributed by atoms with Crippen LogP contribution in [0.1, 0.15) is 0 Å². The van der Waals surface area contributed by atoms with Crippen molar-refractivity contribution in [2.45, 2.75) is 0 Å². The third-order valence-corrected chi connectivity index (χ3v) is 2.01. The molecule has 0 saturated carbocycles. The first-order chi connectivity index (χ1) is 7.22. The van der Waals surface area contributed by atoms with Crippen LogP contribution in [0.3, 0.4) is 0 Å². The molecule has 0 aliphatic rings. The molecule has 0 unspecified atom stereocenters. The number of esters is 1. The minimum atomic E-state index is -0.448. The monoisotopic (exact) mass is 248 g/mol. The summed E-state index contributed by atoms with van der Waals surface area (Å²) in [6.07, 6.45) is 0. The number of rotatable bonds is 5. The Hall–Kier alpha value is -0.930. The zero-order valence-corrected chi connectivity index (χ0v) is 9.42. The molecule has 0 heterocycles. The molecule has 15 heavy (non-hydrogen) atoms. The van der Waals surface area contributed by atoms with Crippen molar-refractivity contribution in [1.82, 2.24) is 0 Å². The molecule has 1 aromatic carbocycles. The Morgan fingerprint density at radius 1 is 1.20 bits per heavy atom. The van der Waals surface area contributed by atoms with Gasteiger partial charge in [0.2, 0.25) is 0 Å². The van der Waals surface area contributed by atoms with Crippen molar-refractivity contribution < 1.29 is 14.3 Å². The van der Waals surface area contributed by atoms with E-state index in [0.717, 1.165) is 0 Å². The van der Waals surface area contributed by atoms with Gasteiger partial charge in [0.15, 0.2) is 0 Å². The fraction of sp³-hybridized carbons (Fsp3) is 0.300. The molecule has 0 fully saturated rings. The number of carbonyl (C=O) groups excluding carboxylic acids is 1. The highest BCUT2D eigenvalue weighted by Crippen LogP contribution is 2.15. The molecule has 5 heteroatoms. The van der Waals surface area contributed by atoms with Crippen molar-refractivity contribution in [2.75, 3.05) is 19.1 Å². The minimum absolute atomic E-state index is 0.138. The van der Waals surface area contributed by atoms with Crippen LogP contribution >= 0.6 is 23.2 Å². The molecule has 0 bridgehead atoms. The lowest BCUT2D eigenvalue weighted by Gasteiger charge is -2.06. The molecule has 82 valence electrons. The van der Waals surface area contributed by atoms with Gasteiger partial charge >= 0.3 is 5.97 Å². The van der Waals surface area contributed by atoms with Gasteiger partial charge in [-0.25, -0.2) is 0 Å². The Labute approximate surface area is 97.9 Å². The van der Waals surface area contributed by atoms with Crippen LogP contribution in [-0.2, 0) is 9.53 Å². The molecule has 3 nitrogen and oxygen atoms in total. The number of benzene rings is 1. The van der Waals surface area contributed by atoms with Gasteiger partial charge < -0.3 is 9.47 Å². The van der Waals surface area contributed by atoms with E-state index < -0.39 is 5.97 Å². The van der Waals surface area contributed by atoms with E-state index in [1.54, 1.807) is 24.3 Å². The molecule has 1 aromatic rings. The summed E-state index contributed by atoms with van der Waals surface area (Å²) in [6, 6.07) is 6.93. The number of ether oxygens (including phenoxy) is 2. The molecule has 0 radical (unpaired) electrons. The van der Waals surface area contributed by atoms with E-state index in [9.17, 15) is 4.79 Å². The molecule has 0 atom stereocenters. The van der Waals surface area contributed by atoms with Gasteiger partial charge in [0.25, 0.3) is 0 Å². The van der Waals surface area contributed by atoms with Gasteiger partial charge in [-0.2, -0.15) is 0 Å². The molecular weight excluding hydrogens is 239 g/mol. The van der Waals surface area contributed by atoms with Crippen LogP contribution < -0.4 is 4.74 Å². The highest BCUT2D eigenvalue weighted by Gasteiger charge is 1.99. The van der Waals surface area contributed by atoms with Crippen LogP contribution in [0.2, 0.25) is 5.02 Å². The molecular formula is C10H10Cl2O3. The summed E-state index contributed by atoms with van der Waals surface area (Å²) >= 11 is 10.9. The van der Waals surface area contributed by atoms with Crippen LogP contribution in [0.5, 0.6) is 5.75 Å². The number of carbonyl (C=O) groups is 1. The van der Waals surface area contributed by atoms with Crippen LogP contribution in [0.15, 0.2) is 24.3 Å². The van der Waals surface area contributed by atoms with Gasteiger partial charge in [0.1, 0.15) is 24.8 Å². The summed E-state index contributed by atoms with van der Waals surface area (Å²) in [4.78, 5) is 10.6. The highest BCUT2D eigenvalue weighted by atomic mass is 35.5. The predicted molar refractivity (Wildman–Crippen MR) is 58.6 cm³/mol. The van der Waals surface area contributed by atoms with Crippen molar-refractivity contribution in [1.29, 1.82) is 0 Å². The second kappa shape index (κ2) is 6.53. The van der Waals surface area contributed by atoms with Gasteiger partial charge in [-0.05, 0) is 24.3 Å². The number of alkyl halides is 1. The van der Waals surface area contributed by atoms with Crippen molar-refractivity contribution in [2.24, 2.45) is 0 Å². The normalized spacial score (nSPS) is 9.73. The average Bonchev–Trinajstić information content (AvgIpc) is 2.26. The second-order valence-corrected chi connectivity index (χ2v) is 3.36. The first kappa shape index (κ1) is 12.1. The number of hydrogen-bond acceptors (Lipinski definition) is 3. The fourth-order valence-corrected chi connectivity index (χ4v) is 1.09. The Kier molecular flexibility index (Phi) is 5.29. The molecule has 0 aliphatic heterocycles. The summed E-state index contributed by atoms with van der Waals surface area (Å²) in [6.45, 7) is 0.485. The van der Waals surface area contributed by atoms with Gasteiger partial charge in [-0.15, -0.1) is 11.6 Å². The largest absolute Gasteiger partial charge is 0.490 e. The lowest BCUT2D eigenvalue weighted by atomic mass is 10.3. The van der Waals surface area contributed by atoms with Crippen molar-refractivity contribution in [3.63, 3.8) is 0 Å². The highest BCUT2D eigenvalue weighted by molar-refractivity contribution is 6.30. The average molecular weight is 249 g/mol. The van der Waals surface area contributed by atoms with Crippen LogP contribution in [-0.4, -0.2) is 25.1 Å². The molecule has 0 spiro atoms. The van der Waals surface area contributed by atoms with E-state index in [1.807, 2.05) is 0 Å². The Morgan fingerprint density at radius 3 is 2.47 bits per heavy atom. The summed E-state index contributed by atoms with van der Waals surface area (Å²) in [5, 5.41) is 0.649. The topological polar surface area (TPSA) is 35.5 Å². The Bertz CT molecular complexity index is 311. The van der Waals surface area contributed by atoms with E-state index in [1.165, 1.54) is 0 Å². The molecule has 0 aliphatic carbocycles. The molecule has 0 amide bonds. The quantitative estimate of drug-likeness (QED) is 0.457. The summed E-state index contributed by atoms with van der Waals surface area (Å²) in [5.74, 6) is 0.0960. The van der Waals surface area contributed by atoms with E-state index in [2.05, 4.69) is 0 Å². The summed E-state index contributed by atoms with van der Waals surface area (Å²) < 4.78 is 9.99. The summed E-state index contributed by atoms with van der Waals surface area (Å²) in [5.41, 5.74) is 0. The molecule has 1 rings (SSSR count). The minimum Gasteiger partial charge on any atom is -0.490 e. The molecule has 0 aromatic heterocycles. The van der Waals surface area contributed by atoms with E-state index in [4.69, 9.17) is 32.7 Å². The lowest BCUT2D eigenvalue weighted by molar-refractivity contribution is -0.141. The van der Waals surface area contributed by atoms with Crippen LogP contribution in [0.25, 0.3) is 0 Å². The summed E-state index contributed by atoms with van der Waals surface area (Å²) in [7, 11) is 0. The zero-order valence-electron chi connectivity index (χ0n) is 7.91. The van der Waals surface area contributed by atoms with Gasteiger partial charge in [0, 0.05) is 5.02 Å². The molecule has 0 N–H and O–H groups in total. The predicted octanol–water partition coefficient (Wildman–Crippen LogP) is 2.50. The Morgan fingerprint density at radius 2 is 1.87 bits per heavy atom. The van der Waals surface area contributed by atoms with Gasteiger partial charge in [-0.3, -0.25) is 4.79 Å². The maximum Gasteiger partial charge on any atom is 0.320 e. The van der Waals surface area contributed by atoms with Gasteiger partial charge in [-0.1, -0.05) is 11.6 Å². The van der Waals surface area contributed by atoms with Crippen molar-refractivity contribution in [3.8, 4) is 5.75 Å². The van der Waals surface area contributed by atoms with Crippen LogP contribution in [0.4, 0.5) is 0 Å². The molecule has 0 saturated heterocycles. The second-order valence-electron chi connectivity index (χ2n) is 2.66. The first-order valence-electron chi connectivity index (χ1n) is 4.32. The van der Waals surface area contributed by atoms with Crippen molar-refractivity contribution in [3.05, 3.63) is 29.3 Å². The first-order valence-corrected chi connectivity index (χ1v) is 5.23. The van der Waals surface area contributed by atoms with Crippen LogP contribution in [0, 0.1) is 0 Å². The van der Waals surface area contributed by atoms with Gasteiger partial charge in [0.05, 0.1) is 0 Å². The Balaban J connectivity index is 2.20.